The van der Waals surface area contributed by atoms with E-state index in [1.54, 1.807) is 0 Å². The smallest absolute Gasteiger partial charge is 0.135 e. The lowest BCUT2D eigenvalue weighted by atomic mass is 10.0. The van der Waals surface area contributed by atoms with E-state index in [1.807, 2.05) is 0 Å². The summed E-state index contributed by atoms with van der Waals surface area (Å²) in [5.74, 6) is 0.254. The molecule has 1 unspecified atom stereocenters. The predicted octanol–water partition coefficient (Wildman–Crippen LogP) is 5.81. The van der Waals surface area contributed by atoms with Gasteiger partial charge in [0, 0.05) is 12.8 Å². The Morgan fingerprint density at radius 1 is 0.762 bits per heavy atom. The Kier molecular flexibility index (Phi) is 15.7. The third-order valence-electron chi connectivity index (χ3n) is 4.16. The number of carbonyl (C=O) groups excluding carboxylic acids is 1. The monoisotopic (exact) mass is 298 g/mol. The van der Waals surface area contributed by atoms with Gasteiger partial charge in [-0.15, -0.1) is 0 Å². The van der Waals surface area contributed by atoms with Crippen LogP contribution >= 0.6 is 0 Å². The average molecular weight is 299 g/mol. The molecule has 0 spiro atoms. The van der Waals surface area contributed by atoms with E-state index in [-0.39, 0.29) is 5.78 Å². The summed E-state index contributed by atoms with van der Waals surface area (Å²) in [7, 11) is 0. The fraction of sp³-hybridized carbons (Fsp3) is 0.947. The number of hydrogen-bond donors (Lipinski definition) is 1. The first-order chi connectivity index (χ1) is 10.2. The number of aliphatic hydroxyl groups is 1. The Balaban J connectivity index is 3.35. The second-order valence-corrected chi connectivity index (χ2v) is 6.47. The fourth-order valence-electron chi connectivity index (χ4n) is 2.73. The maximum atomic E-state index is 11.8. The van der Waals surface area contributed by atoms with E-state index in [4.69, 9.17) is 0 Å². The Hall–Kier alpha value is -0.370. The van der Waals surface area contributed by atoms with Gasteiger partial charge in [-0.3, -0.25) is 4.79 Å². The van der Waals surface area contributed by atoms with Gasteiger partial charge in [0.15, 0.2) is 0 Å². The number of aliphatic hydroxyl groups excluding tert-OH is 1. The van der Waals surface area contributed by atoms with Gasteiger partial charge in [0.05, 0.1) is 6.10 Å². The van der Waals surface area contributed by atoms with E-state index in [0.717, 1.165) is 19.3 Å². The molecule has 0 aliphatic rings. The predicted molar refractivity (Wildman–Crippen MR) is 91.6 cm³/mol. The topological polar surface area (TPSA) is 37.3 Å². The Morgan fingerprint density at radius 3 is 1.81 bits per heavy atom. The van der Waals surface area contributed by atoms with Crippen molar-refractivity contribution in [3.8, 4) is 0 Å². The van der Waals surface area contributed by atoms with Crippen molar-refractivity contribution in [3.05, 3.63) is 0 Å². The van der Waals surface area contributed by atoms with Crippen LogP contribution in [0, 0.1) is 0 Å². The molecule has 21 heavy (non-hydrogen) atoms. The standard InChI is InChI=1S/C19H38O2/c1-3-5-7-9-11-13-15-18(20)17-19(21)16-14-12-10-8-6-4-2/h18,20H,3-17H2,1-2H3. The molecule has 0 aliphatic carbocycles. The summed E-state index contributed by atoms with van der Waals surface area (Å²) in [5, 5.41) is 9.87. The molecule has 0 saturated heterocycles. The summed E-state index contributed by atoms with van der Waals surface area (Å²) >= 11 is 0. The molecule has 126 valence electrons. The van der Waals surface area contributed by atoms with Gasteiger partial charge >= 0.3 is 0 Å². The lowest BCUT2D eigenvalue weighted by Gasteiger charge is -2.09. The van der Waals surface area contributed by atoms with Gasteiger partial charge in [-0.25, -0.2) is 0 Å². The number of ketones is 1. The average Bonchev–Trinajstić information content (AvgIpc) is 2.46. The van der Waals surface area contributed by atoms with Crippen molar-refractivity contribution in [1.82, 2.24) is 0 Å². The maximum Gasteiger partial charge on any atom is 0.135 e. The van der Waals surface area contributed by atoms with Gasteiger partial charge in [0.1, 0.15) is 5.78 Å². The van der Waals surface area contributed by atoms with Crippen molar-refractivity contribution in [2.75, 3.05) is 0 Å². The van der Waals surface area contributed by atoms with Gasteiger partial charge in [-0.2, -0.15) is 0 Å². The first kappa shape index (κ1) is 20.6. The minimum Gasteiger partial charge on any atom is -0.393 e. The van der Waals surface area contributed by atoms with Crippen LogP contribution in [0.2, 0.25) is 0 Å². The molecule has 1 atom stereocenters. The van der Waals surface area contributed by atoms with Gasteiger partial charge in [-0.05, 0) is 12.8 Å². The third kappa shape index (κ3) is 15.8. The summed E-state index contributed by atoms with van der Waals surface area (Å²) in [6, 6.07) is 0. The molecule has 0 aromatic rings. The highest BCUT2D eigenvalue weighted by Crippen LogP contribution is 2.13. The van der Waals surface area contributed by atoms with Crippen LogP contribution in [-0.4, -0.2) is 17.0 Å². The van der Waals surface area contributed by atoms with Crippen LogP contribution in [0.3, 0.4) is 0 Å². The van der Waals surface area contributed by atoms with Gasteiger partial charge in [0.25, 0.3) is 0 Å². The number of unbranched alkanes of at least 4 members (excludes halogenated alkanes) is 10. The molecule has 2 heteroatoms. The van der Waals surface area contributed by atoms with Crippen molar-refractivity contribution in [3.63, 3.8) is 0 Å². The highest BCUT2D eigenvalue weighted by atomic mass is 16.3. The van der Waals surface area contributed by atoms with E-state index >= 15 is 0 Å². The zero-order valence-corrected chi connectivity index (χ0v) is 14.5. The molecule has 0 aromatic carbocycles. The quantitative estimate of drug-likeness (QED) is 0.365. The zero-order valence-electron chi connectivity index (χ0n) is 14.5. The normalized spacial score (nSPS) is 12.5. The SMILES string of the molecule is CCCCCCCCC(=O)CC(O)CCCCCCCC. The Morgan fingerprint density at radius 2 is 1.24 bits per heavy atom. The number of carbonyl (C=O) groups is 1. The van der Waals surface area contributed by atoms with Crippen LogP contribution in [0.1, 0.15) is 110 Å². The summed E-state index contributed by atoms with van der Waals surface area (Å²) in [5.41, 5.74) is 0. The lowest BCUT2D eigenvalue weighted by Crippen LogP contribution is -2.13. The molecule has 0 bridgehead atoms. The van der Waals surface area contributed by atoms with E-state index in [2.05, 4.69) is 13.8 Å². The van der Waals surface area contributed by atoms with Gasteiger partial charge < -0.3 is 5.11 Å². The molecule has 0 radical (unpaired) electrons. The molecule has 0 heterocycles. The van der Waals surface area contributed by atoms with Crippen molar-refractivity contribution in [1.29, 1.82) is 0 Å². The Labute approximate surface area is 132 Å². The maximum absolute atomic E-state index is 11.8. The molecule has 0 aromatic heterocycles. The van der Waals surface area contributed by atoms with Crippen LogP contribution in [0.15, 0.2) is 0 Å². The second-order valence-electron chi connectivity index (χ2n) is 6.47. The molecule has 0 saturated carbocycles. The highest BCUT2D eigenvalue weighted by molar-refractivity contribution is 5.78. The molecular weight excluding hydrogens is 260 g/mol. The van der Waals surface area contributed by atoms with Crippen LogP contribution in [0.5, 0.6) is 0 Å². The van der Waals surface area contributed by atoms with E-state index in [0.29, 0.717) is 12.8 Å². The van der Waals surface area contributed by atoms with E-state index < -0.39 is 6.10 Å². The molecule has 0 rings (SSSR count). The highest BCUT2D eigenvalue weighted by Gasteiger charge is 2.10. The second kappa shape index (κ2) is 16.0. The summed E-state index contributed by atoms with van der Waals surface area (Å²) in [6.45, 7) is 4.44. The van der Waals surface area contributed by atoms with Crippen molar-refractivity contribution >= 4 is 5.78 Å². The fourth-order valence-corrected chi connectivity index (χ4v) is 2.73. The number of Topliss-reactive ketones (excluding diaryl/α,β-unsaturated/α-hetero) is 1. The van der Waals surface area contributed by atoms with Crippen LogP contribution < -0.4 is 0 Å². The third-order valence-corrected chi connectivity index (χ3v) is 4.16. The molecule has 0 aliphatic heterocycles. The first-order valence-corrected chi connectivity index (χ1v) is 9.40. The van der Waals surface area contributed by atoms with Gasteiger partial charge in [0.2, 0.25) is 0 Å². The van der Waals surface area contributed by atoms with Crippen molar-refractivity contribution < 1.29 is 9.90 Å². The summed E-state index contributed by atoms with van der Waals surface area (Å²) < 4.78 is 0. The molecule has 1 N–H and O–H groups in total. The van der Waals surface area contributed by atoms with E-state index in [9.17, 15) is 9.90 Å². The lowest BCUT2D eigenvalue weighted by molar-refractivity contribution is -0.121. The summed E-state index contributed by atoms with van der Waals surface area (Å²) in [6.07, 6.45) is 16.2. The van der Waals surface area contributed by atoms with Gasteiger partial charge in [-0.1, -0.05) is 84.5 Å². The van der Waals surface area contributed by atoms with Crippen LogP contribution in [0.4, 0.5) is 0 Å². The molecule has 2 nitrogen and oxygen atoms in total. The minimum absolute atomic E-state index is 0.254. The Bertz CT molecular complexity index is 226. The minimum atomic E-state index is -0.399. The first-order valence-electron chi connectivity index (χ1n) is 9.40. The summed E-state index contributed by atoms with van der Waals surface area (Å²) in [4.78, 5) is 11.8. The van der Waals surface area contributed by atoms with Crippen molar-refractivity contribution in [2.24, 2.45) is 0 Å². The molecule has 0 amide bonds. The zero-order chi connectivity index (χ0) is 15.8. The van der Waals surface area contributed by atoms with Crippen LogP contribution in [0.25, 0.3) is 0 Å². The van der Waals surface area contributed by atoms with Crippen molar-refractivity contribution in [2.45, 2.75) is 116 Å². The van der Waals surface area contributed by atoms with Crippen LogP contribution in [-0.2, 0) is 4.79 Å². The molecule has 0 fully saturated rings. The largest absolute Gasteiger partial charge is 0.393 e. The van der Waals surface area contributed by atoms with E-state index in [1.165, 1.54) is 64.2 Å². The number of hydrogen-bond acceptors (Lipinski definition) is 2. The molecular formula is C19H38O2. The number of rotatable bonds is 16.